The minimum atomic E-state index is -1.92. The molecule has 0 atom stereocenters. The fourth-order valence-corrected chi connectivity index (χ4v) is 2.28. The molecule has 1 nitrogen and oxygen atoms in total. The van der Waals surface area contributed by atoms with Crippen LogP contribution in [-0.2, 0) is 0 Å². The Kier molecular flexibility index (Phi) is 6.35. The van der Waals surface area contributed by atoms with E-state index in [2.05, 4.69) is 4.99 Å². The zero-order chi connectivity index (χ0) is 14.2. The van der Waals surface area contributed by atoms with Crippen LogP contribution in [0.15, 0.2) is 4.99 Å². The molecule has 0 bridgehead atoms. The molecule has 0 aliphatic heterocycles. The predicted molar refractivity (Wildman–Crippen MR) is 84.7 cm³/mol. The minimum Gasteiger partial charge on any atom is -0.233 e. The number of rotatable bonds is 1. The molecule has 1 aromatic rings. The lowest BCUT2D eigenvalue weighted by atomic mass is 10.3. The van der Waals surface area contributed by atoms with Crippen molar-refractivity contribution in [1.29, 1.82) is 0 Å². The van der Waals surface area contributed by atoms with Crippen LogP contribution in [0.5, 0.6) is 0 Å². The zero-order valence-corrected chi connectivity index (χ0v) is 14.7. The predicted octanol–water partition coefficient (Wildman–Crippen LogP) is 7.59. The molecule has 0 amide bonds. The molecule has 0 heterocycles. The first-order chi connectivity index (χ1) is 8.07. The largest absolute Gasteiger partial charge is 0.243 e. The van der Waals surface area contributed by atoms with Gasteiger partial charge in [-0.2, -0.15) is 0 Å². The summed E-state index contributed by atoms with van der Waals surface area (Å²) in [5.74, 6) is 0. The quantitative estimate of drug-likeness (QED) is 0.189. The Balaban J connectivity index is 3.53. The Bertz CT molecular complexity index is 487. The molecule has 10 heteroatoms. The number of benzene rings is 1. The second kappa shape index (κ2) is 6.51. The third-order valence-corrected chi connectivity index (χ3v) is 5.08. The van der Waals surface area contributed by atoms with Gasteiger partial charge in [-0.05, 0) is 0 Å². The maximum atomic E-state index is 5.92. The van der Waals surface area contributed by atoms with Gasteiger partial charge in [0.25, 0.3) is 0 Å². The molecule has 100 valence electrons. The molecule has 0 aliphatic rings. The summed E-state index contributed by atoms with van der Waals surface area (Å²) in [5, 5.41) is -0.532. The highest BCUT2D eigenvalue weighted by atomic mass is 35.6. The van der Waals surface area contributed by atoms with Crippen molar-refractivity contribution in [2.45, 2.75) is 3.79 Å². The van der Waals surface area contributed by atoms with Gasteiger partial charge in [0.2, 0.25) is 3.79 Å². The monoisotopic (exact) mass is 425 g/mol. The molecular formula is C8Cl9N. The van der Waals surface area contributed by atoms with Crippen LogP contribution in [0.2, 0.25) is 25.1 Å². The van der Waals surface area contributed by atoms with Crippen molar-refractivity contribution >= 4 is 115 Å². The summed E-state index contributed by atoms with van der Waals surface area (Å²) < 4.78 is -1.92. The fourth-order valence-electron chi connectivity index (χ4n) is 0.853. The Hall–Kier alpha value is 1.50. The molecule has 1 aromatic carbocycles. The van der Waals surface area contributed by atoms with Crippen molar-refractivity contribution in [2.75, 3.05) is 0 Å². The topological polar surface area (TPSA) is 12.4 Å². The van der Waals surface area contributed by atoms with Crippen LogP contribution >= 0.6 is 104 Å². The van der Waals surface area contributed by atoms with Crippen LogP contribution in [0, 0.1) is 0 Å². The van der Waals surface area contributed by atoms with Gasteiger partial charge in [0, 0.05) is 0 Å². The van der Waals surface area contributed by atoms with Crippen LogP contribution < -0.4 is 0 Å². The molecule has 0 saturated carbocycles. The van der Waals surface area contributed by atoms with Crippen molar-refractivity contribution < 1.29 is 0 Å². The number of hydrogen-bond acceptors (Lipinski definition) is 1. The summed E-state index contributed by atoms with van der Waals surface area (Å²) in [5.41, 5.74) is -0.0333. The number of nitrogens with zero attached hydrogens (tertiary/aromatic N) is 1. The maximum Gasteiger partial charge on any atom is 0.243 e. The Morgan fingerprint density at radius 2 is 1.06 bits per heavy atom. The van der Waals surface area contributed by atoms with E-state index in [0.717, 1.165) is 0 Å². The summed E-state index contributed by atoms with van der Waals surface area (Å²) >= 11 is 51.6. The normalized spacial score (nSPS) is 13.1. The molecule has 0 saturated heterocycles. The highest BCUT2D eigenvalue weighted by molar-refractivity contribution is 6.89. The third kappa shape index (κ3) is 3.78. The number of hydrogen-bond donors (Lipinski definition) is 0. The molecule has 0 N–H and O–H groups in total. The summed E-state index contributed by atoms with van der Waals surface area (Å²) in [4.78, 5) is 3.79. The second-order valence-corrected chi connectivity index (χ2v) is 7.35. The molecular weight excluding hydrogens is 429 g/mol. The van der Waals surface area contributed by atoms with Crippen molar-refractivity contribution in [2.24, 2.45) is 4.99 Å². The molecule has 0 radical (unpaired) electrons. The zero-order valence-electron chi connectivity index (χ0n) is 7.85. The van der Waals surface area contributed by atoms with Crippen LogP contribution in [0.4, 0.5) is 5.69 Å². The van der Waals surface area contributed by atoms with Gasteiger partial charge in [0.1, 0.15) is 5.69 Å². The second-order valence-electron chi connectivity index (χ2n) is 2.82. The van der Waals surface area contributed by atoms with Gasteiger partial charge in [-0.1, -0.05) is 104 Å². The van der Waals surface area contributed by atoms with Crippen LogP contribution in [0.3, 0.4) is 0 Å². The highest BCUT2D eigenvalue weighted by Gasteiger charge is 2.28. The first-order valence-corrected chi connectivity index (χ1v) is 7.30. The first-order valence-electron chi connectivity index (χ1n) is 3.90. The lowest BCUT2D eigenvalue weighted by molar-refractivity contribution is 1.47. The number of alkyl halides is 3. The van der Waals surface area contributed by atoms with Gasteiger partial charge < -0.3 is 0 Å². The van der Waals surface area contributed by atoms with E-state index >= 15 is 0 Å². The van der Waals surface area contributed by atoms with E-state index in [1.54, 1.807) is 0 Å². The third-order valence-electron chi connectivity index (χ3n) is 1.63. The van der Waals surface area contributed by atoms with E-state index in [1.165, 1.54) is 0 Å². The van der Waals surface area contributed by atoms with E-state index < -0.39 is 3.79 Å². The molecule has 0 fully saturated rings. The first kappa shape index (κ1) is 17.6. The van der Waals surface area contributed by atoms with Crippen molar-refractivity contribution in [3.05, 3.63) is 25.1 Å². The lowest BCUT2D eigenvalue weighted by Crippen LogP contribution is -2.11. The summed E-state index contributed by atoms with van der Waals surface area (Å²) in [7, 11) is 0. The number of halogens is 9. The van der Waals surface area contributed by atoms with Crippen molar-refractivity contribution in [1.82, 2.24) is 0 Å². The molecule has 0 aromatic heterocycles. The maximum absolute atomic E-state index is 5.92. The molecule has 0 unspecified atom stereocenters. The van der Waals surface area contributed by atoms with E-state index in [9.17, 15) is 0 Å². The Morgan fingerprint density at radius 3 is 1.39 bits per heavy atom. The van der Waals surface area contributed by atoms with Crippen molar-refractivity contribution in [3.63, 3.8) is 0 Å². The summed E-state index contributed by atoms with van der Waals surface area (Å²) in [6.07, 6.45) is 0. The van der Waals surface area contributed by atoms with Gasteiger partial charge in [-0.25, -0.2) is 4.99 Å². The van der Waals surface area contributed by atoms with Gasteiger partial charge in [-0.15, -0.1) is 0 Å². The van der Waals surface area contributed by atoms with Gasteiger partial charge in [0.15, 0.2) is 5.17 Å². The minimum absolute atomic E-state index is 0.00251. The molecule has 18 heavy (non-hydrogen) atoms. The molecule has 0 spiro atoms. The van der Waals surface area contributed by atoms with E-state index in [-0.39, 0.29) is 36.0 Å². The highest BCUT2D eigenvalue weighted by Crippen LogP contribution is 2.49. The van der Waals surface area contributed by atoms with Crippen molar-refractivity contribution in [3.8, 4) is 0 Å². The van der Waals surface area contributed by atoms with Gasteiger partial charge >= 0.3 is 0 Å². The van der Waals surface area contributed by atoms with E-state index in [0.29, 0.717) is 0 Å². The molecule has 1 rings (SSSR count). The Morgan fingerprint density at radius 1 is 0.722 bits per heavy atom. The number of aliphatic imine (C=N–C) groups is 1. The average molecular weight is 429 g/mol. The average Bonchev–Trinajstić information content (AvgIpc) is 2.28. The molecule has 0 aliphatic carbocycles. The standard InChI is InChI=1S/C8Cl9N/c9-1-2(10)4(12)6(5(13)3(1)11)18-7(14)8(15,16)17/b18-7-. The van der Waals surface area contributed by atoms with Crippen LogP contribution in [0.1, 0.15) is 0 Å². The van der Waals surface area contributed by atoms with Crippen LogP contribution in [-0.4, -0.2) is 8.96 Å². The van der Waals surface area contributed by atoms with Gasteiger partial charge in [-0.3, -0.25) is 0 Å². The summed E-state index contributed by atoms with van der Waals surface area (Å²) in [6.45, 7) is 0. The van der Waals surface area contributed by atoms with Crippen LogP contribution in [0.25, 0.3) is 0 Å². The fraction of sp³-hybridized carbons (Fsp3) is 0.125. The smallest absolute Gasteiger partial charge is 0.233 e. The summed E-state index contributed by atoms with van der Waals surface area (Å²) in [6, 6.07) is 0. The lowest BCUT2D eigenvalue weighted by Gasteiger charge is -2.12. The van der Waals surface area contributed by atoms with E-state index in [1.807, 2.05) is 0 Å². The van der Waals surface area contributed by atoms with Gasteiger partial charge in [0.05, 0.1) is 25.1 Å². The Labute approximate surface area is 148 Å². The van der Waals surface area contributed by atoms with E-state index in [4.69, 9.17) is 104 Å². The SMILES string of the molecule is Cl/C(=N\c1c(Cl)c(Cl)c(Cl)c(Cl)c1Cl)C(Cl)(Cl)Cl.